The Morgan fingerprint density at radius 2 is 1.78 bits per heavy atom. The number of fused-ring (bicyclic) bond motifs is 5. The summed E-state index contributed by atoms with van der Waals surface area (Å²) in [5, 5.41) is 0. The van der Waals surface area contributed by atoms with E-state index < -0.39 is 35.2 Å². The zero-order valence-corrected chi connectivity index (χ0v) is 22.0. The molecule has 5 rings (SSSR count). The van der Waals surface area contributed by atoms with Crippen molar-refractivity contribution in [1.82, 2.24) is 4.90 Å². The second kappa shape index (κ2) is 9.63. The Morgan fingerprint density at radius 3 is 2.49 bits per heavy atom. The summed E-state index contributed by atoms with van der Waals surface area (Å²) in [6.07, 6.45) is 8.73. The lowest BCUT2D eigenvalue weighted by Gasteiger charge is -2.60. The first-order chi connectivity index (χ1) is 17.5. The minimum absolute atomic E-state index is 0.0190. The first-order valence-corrected chi connectivity index (χ1v) is 13.8. The molecule has 1 amide bonds. The van der Waals surface area contributed by atoms with Crippen LogP contribution in [0.25, 0.3) is 0 Å². The maximum atomic E-state index is 14.1. The van der Waals surface area contributed by atoms with Gasteiger partial charge in [0.2, 0.25) is 0 Å². The van der Waals surface area contributed by atoms with Crippen LogP contribution in [0.5, 0.6) is 0 Å². The predicted octanol–water partition coefficient (Wildman–Crippen LogP) is 6.74. The molecule has 0 heterocycles. The molecule has 0 spiro atoms. The molecule has 6 atom stereocenters. The molecule has 0 N–H and O–H groups in total. The quantitative estimate of drug-likeness (QED) is 0.330. The highest BCUT2D eigenvalue weighted by atomic mass is 19.1. The summed E-state index contributed by atoms with van der Waals surface area (Å²) < 4.78 is 33.3. The van der Waals surface area contributed by atoms with Crippen LogP contribution in [0.3, 0.4) is 0 Å². The number of rotatable bonds is 4. The summed E-state index contributed by atoms with van der Waals surface area (Å²) in [4.78, 5) is 40.0. The van der Waals surface area contributed by atoms with Crippen LogP contribution in [0.4, 0.5) is 13.6 Å². The zero-order chi connectivity index (χ0) is 26.5. The first kappa shape index (κ1) is 26.1. The van der Waals surface area contributed by atoms with Gasteiger partial charge >= 0.3 is 12.1 Å². The number of ether oxygens (including phenoxy) is 1. The molecule has 4 aliphatic carbocycles. The Morgan fingerprint density at radius 1 is 1.05 bits per heavy atom. The van der Waals surface area contributed by atoms with Gasteiger partial charge in [-0.15, -0.1) is 0 Å². The molecule has 0 saturated heterocycles. The highest BCUT2D eigenvalue weighted by Crippen LogP contribution is 2.65. The van der Waals surface area contributed by atoms with Crippen molar-refractivity contribution in [3.05, 3.63) is 47.0 Å². The zero-order valence-electron chi connectivity index (χ0n) is 22.0. The minimum atomic E-state index is -0.861. The van der Waals surface area contributed by atoms with E-state index in [1.54, 1.807) is 13.0 Å². The van der Waals surface area contributed by atoms with Crippen LogP contribution in [-0.4, -0.2) is 28.8 Å². The van der Waals surface area contributed by atoms with Gasteiger partial charge in [0.25, 0.3) is 0 Å². The van der Waals surface area contributed by atoms with E-state index in [0.29, 0.717) is 17.3 Å². The van der Waals surface area contributed by atoms with Gasteiger partial charge in [-0.3, -0.25) is 14.5 Å². The topological polar surface area (TPSA) is 63.7 Å². The van der Waals surface area contributed by atoms with Crippen molar-refractivity contribution in [2.24, 2.45) is 28.6 Å². The molecular weight excluding hydrogens is 476 g/mol. The van der Waals surface area contributed by atoms with Crippen molar-refractivity contribution in [2.45, 2.75) is 91.1 Å². The van der Waals surface area contributed by atoms with Crippen LogP contribution >= 0.6 is 0 Å². The summed E-state index contributed by atoms with van der Waals surface area (Å²) in [6, 6.07) is 2.58. The fourth-order valence-electron chi connectivity index (χ4n) is 8.46. The van der Waals surface area contributed by atoms with Gasteiger partial charge in [0.05, 0.1) is 6.04 Å². The van der Waals surface area contributed by atoms with Gasteiger partial charge in [-0.1, -0.05) is 32.8 Å². The Labute approximate surface area is 217 Å². The maximum absolute atomic E-state index is 14.1. The van der Waals surface area contributed by atoms with Gasteiger partial charge in [0.1, 0.15) is 11.6 Å². The Balaban J connectivity index is 1.56. The van der Waals surface area contributed by atoms with E-state index in [9.17, 15) is 23.2 Å². The molecule has 1 unspecified atom stereocenters. The number of benzene rings is 1. The molecular formula is C30H37F2NO4. The number of ketones is 1. The number of nitrogens with zero attached hydrogens (tertiary/aromatic N) is 1. The average Bonchev–Trinajstić information content (AvgIpc) is 3.24. The Kier molecular flexibility index (Phi) is 6.78. The molecule has 0 bridgehead atoms. The molecule has 3 fully saturated rings. The SMILES string of the molecule is CCC(=O)OC(=O)N(Cc1cc(F)cc(F)c1)C1CC(=O)C=C2CC[C@H]3[C@@H]4CCC[C@@]4(C)CC[C@@H]3[C@]21C. The monoisotopic (exact) mass is 513 g/mol. The third-order valence-corrected chi connectivity index (χ3v) is 10.2. The lowest BCUT2D eigenvalue weighted by atomic mass is 9.46. The van der Waals surface area contributed by atoms with E-state index in [1.807, 2.05) is 0 Å². The average molecular weight is 514 g/mol. The fraction of sp³-hybridized carbons (Fsp3) is 0.633. The van der Waals surface area contributed by atoms with Gasteiger partial charge in [-0.25, -0.2) is 13.6 Å². The second-order valence-corrected chi connectivity index (χ2v) is 12.1. The Hall–Kier alpha value is -2.57. The number of hydrogen-bond donors (Lipinski definition) is 0. The number of carbonyl (C=O) groups is 3. The Bertz CT molecular complexity index is 1130. The van der Waals surface area contributed by atoms with Crippen molar-refractivity contribution in [1.29, 1.82) is 0 Å². The molecule has 1 aromatic carbocycles. The van der Waals surface area contributed by atoms with Crippen molar-refractivity contribution in [3.63, 3.8) is 0 Å². The van der Waals surface area contributed by atoms with Gasteiger partial charge in [-0.05, 0) is 85.5 Å². The molecule has 0 aromatic heterocycles. The van der Waals surface area contributed by atoms with Crippen molar-refractivity contribution < 1.29 is 27.9 Å². The fourth-order valence-corrected chi connectivity index (χ4v) is 8.46. The predicted molar refractivity (Wildman–Crippen MR) is 134 cm³/mol. The van der Waals surface area contributed by atoms with Crippen LogP contribution in [0, 0.1) is 40.2 Å². The molecule has 3 saturated carbocycles. The van der Waals surface area contributed by atoms with Crippen LogP contribution in [0.15, 0.2) is 29.8 Å². The number of carbonyl (C=O) groups excluding carboxylic acids is 3. The molecule has 0 radical (unpaired) electrons. The maximum Gasteiger partial charge on any atom is 0.418 e. The second-order valence-electron chi connectivity index (χ2n) is 12.1. The molecule has 5 nitrogen and oxygen atoms in total. The van der Waals surface area contributed by atoms with E-state index in [2.05, 4.69) is 13.8 Å². The van der Waals surface area contributed by atoms with Crippen LogP contribution in [0.2, 0.25) is 0 Å². The molecule has 37 heavy (non-hydrogen) atoms. The lowest BCUT2D eigenvalue weighted by Crippen LogP contribution is -2.60. The van der Waals surface area contributed by atoms with Crippen LogP contribution in [-0.2, 0) is 20.9 Å². The van der Waals surface area contributed by atoms with Gasteiger partial charge in [0.15, 0.2) is 5.78 Å². The smallest absolute Gasteiger partial charge is 0.376 e. The minimum Gasteiger partial charge on any atom is -0.376 e. The molecule has 4 aliphatic rings. The molecule has 0 aliphatic heterocycles. The molecule has 1 aromatic rings. The van der Waals surface area contributed by atoms with E-state index in [4.69, 9.17) is 4.74 Å². The number of halogens is 2. The standard InChI is InChI=1S/C30H37F2NO4/c1-4-27(35)37-28(36)33(17-18-12-20(31)15-21(32)13-18)26-16-22(34)14-19-7-8-23-24-6-5-10-29(24,2)11-9-25(23)30(19,26)3/h12-15,23-26H,4-11,16-17H2,1-3H3/t23-,24-,25-,26?,29-,30-/m0/s1. The highest BCUT2D eigenvalue weighted by Gasteiger charge is 2.60. The highest BCUT2D eigenvalue weighted by molar-refractivity contribution is 5.93. The number of amides is 1. The first-order valence-electron chi connectivity index (χ1n) is 13.8. The van der Waals surface area contributed by atoms with Crippen LogP contribution in [0.1, 0.15) is 84.1 Å². The van der Waals surface area contributed by atoms with E-state index in [1.165, 1.54) is 36.3 Å². The van der Waals surface area contributed by atoms with Crippen LogP contribution < -0.4 is 0 Å². The van der Waals surface area contributed by atoms with Crippen molar-refractivity contribution in [2.75, 3.05) is 0 Å². The lowest BCUT2D eigenvalue weighted by molar-refractivity contribution is -0.139. The van der Waals surface area contributed by atoms with Gasteiger partial charge in [-0.2, -0.15) is 0 Å². The van der Waals surface area contributed by atoms with E-state index in [0.717, 1.165) is 37.3 Å². The van der Waals surface area contributed by atoms with Crippen molar-refractivity contribution >= 4 is 17.8 Å². The summed E-state index contributed by atoms with van der Waals surface area (Å²) in [5.41, 5.74) is 1.18. The third kappa shape index (κ3) is 4.52. The summed E-state index contributed by atoms with van der Waals surface area (Å²) in [7, 11) is 0. The molecule has 7 heteroatoms. The number of hydrogen-bond acceptors (Lipinski definition) is 4. The normalized spacial score (nSPS) is 34.6. The summed E-state index contributed by atoms with van der Waals surface area (Å²) in [5.74, 6) is -0.826. The third-order valence-electron chi connectivity index (χ3n) is 10.2. The summed E-state index contributed by atoms with van der Waals surface area (Å²) >= 11 is 0. The van der Waals surface area contributed by atoms with E-state index in [-0.39, 0.29) is 36.7 Å². The molecule has 200 valence electrons. The van der Waals surface area contributed by atoms with Crippen molar-refractivity contribution in [3.8, 4) is 0 Å². The van der Waals surface area contributed by atoms with E-state index >= 15 is 0 Å². The van der Waals surface area contributed by atoms with Gasteiger partial charge in [0, 0.05) is 30.9 Å². The van der Waals surface area contributed by atoms with Gasteiger partial charge < -0.3 is 4.74 Å². The summed E-state index contributed by atoms with van der Waals surface area (Å²) in [6.45, 7) is 6.04. The number of esters is 1. The largest absolute Gasteiger partial charge is 0.418 e.